The highest BCUT2D eigenvalue weighted by atomic mass is 32.2. The molecule has 1 aliphatic rings. The number of esters is 1. The van der Waals surface area contributed by atoms with Gasteiger partial charge in [-0.05, 0) is 26.2 Å². The molecule has 1 fully saturated rings. The molecule has 6 nitrogen and oxygen atoms in total. The molecule has 0 saturated carbocycles. The maximum atomic E-state index is 12.1. The first-order valence-corrected chi connectivity index (χ1v) is 7.13. The second-order valence-electron chi connectivity index (χ2n) is 4.48. The lowest BCUT2D eigenvalue weighted by Crippen LogP contribution is -2.41. The average molecular weight is 264 g/mol. The molecule has 0 aromatic heterocycles. The number of carbonyl (C=O) groups is 1. The van der Waals surface area contributed by atoms with Crippen molar-refractivity contribution in [2.24, 2.45) is 11.7 Å². The Kier molecular flexibility index (Phi) is 4.51. The normalized spacial score (nSPS) is 25.5. The van der Waals surface area contributed by atoms with Gasteiger partial charge in [0.1, 0.15) is 0 Å². The van der Waals surface area contributed by atoms with E-state index in [9.17, 15) is 13.2 Å². The van der Waals surface area contributed by atoms with Gasteiger partial charge in [-0.2, -0.15) is 0 Å². The summed E-state index contributed by atoms with van der Waals surface area (Å²) in [5.41, 5.74) is 5.75. The maximum absolute atomic E-state index is 12.1. The Bertz CT molecular complexity index is 380. The SMILES string of the molecule is COC(=O)C(C)S(=O)(=O)N1CCC(C(C)N)C1. The summed E-state index contributed by atoms with van der Waals surface area (Å²) in [7, 11) is -2.43. The van der Waals surface area contributed by atoms with Crippen molar-refractivity contribution in [1.29, 1.82) is 0 Å². The van der Waals surface area contributed by atoms with Crippen LogP contribution >= 0.6 is 0 Å². The van der Waals surface area contributed by atoms with E-state index in [1.54, 1.807) is 0 Å². The molecule has 0 bridgehead atoms. The molecular formula is C10H20N2O4S. The first-order valence-electron chi connectivity index (χ1n) is 5.63. The number of ether oxygens (including phenoxy) is 1. The molecule has 0 spiro atoms. The zero-order valence-corrected chi connectivity index (χ0v) is 11.2. The number of nitrogens with zero attached hydrogens (tertiary/aromatic N) is 1. The van der Waals surface area contributed by atoms with Crippen LogP contribution < -0.4 is 5.73 Å². The summed E-state index contributed by atoms with van der Waals surface area (Å²) in [5, 5.41) is -1.15. The fraction of sp³-hybridized carbons (Fsp3) is 0.900. The standard InChI is InChI=1S/C10H20N2O4S/c1-7(11)9-4-5-12(6-9)17(14,15)8(2)10(13)16-3/h7-9H,4-6,11H2,1-3H3. The van der Waals surface area contributed by atoms with Gasteiger partial charge in [-0.15, -0.1) is 0 Å². The molecule has 0 aromatic carbocycles. The van der Waals surface area contributed by atoms with Crippen molar-refractivity contribution >= 4 is 16.0 Å². The lowest BCUT2D eigenvalue weighted by atomic mass is 10.0. The molecule has 0 radical (unpaired) electrons. The number of sulfonamides is 1. The van der Waals surface area contributed by atoms with Crippen LogP contribution in [-0.4, -0.2) is 50.2 Å². The van der Waals surface area contributed by atoms with E-state index in [-0.39, 0.29) is 12.0 Å². The lowest BCUT2D eigenvalue weighted by molar-refractivity contribution is -0.139. The van der Waals surface area contributed by atoms with Crippen LogP contribution in [0.15, 0.2) is 0 Å². The third-order valence-corrected chi connectivity index (χ3v) is 5.41. The molecule has 3 atom stereocenters. The van der Waals surface area contributed by atoms with Gasteiger partial charge in [-0.3, -0.25) is 4.79 Å². The lowest BCUT2D eigenvalue weighted by Gasteiger charge is -2.20. The summed E-state index contributed by atoms with van der Waals surface area (Å²) in [6.07, 6.45) is 0.741. The van der Waals surface area contributed by atoms with E-state index >= 15 is 0 Å². The van der Waals surface area contributed by atoms with Gasteiger partial charge in [0.2, 0.25) is 10.0 Å². The predicted molar refractivity (Wildman–Crippen MR) is 63.7 cm³/mol. The van der Waals surface area contributed by atoms with Gasteiger partial charge in [0, 0.05) is 19.1 Å². The summed E-state index contributed by atoms with van der Waals surface area (Å²) in [6, 6.07) is -0.0383. The van der Waals surface area contributed by atoms with Crippen LogP contribution in [0.1, 0.15) is 20.3 Å². The maximum Gasteiger partial charge on any atom is 0.325 e. The zero-order valence-electron chi connectivity index (χ0n) is 10.4. The highest BCUT2D eigenvalue weighted by Gasteiger charge is 2.39. The van der Waals surface area contributed by atoms with Crippen molar-refractivity contribution in [2.75, 3.05) is 20.2 Å². The molecule has 1 heterocycles. The predicted octanol–water partition coefficient (Wildman–Crippen LogP) is -0.453. The number of hydrogen-bond acceptors (Lipinski definition) is 5. The Labute approximate surface area is 102 Å². The number of hydrogen-bond donors (Lipinski definition) is 1. The smallest absolute Gasteiger partial charge is 0.325 e. The fourth-order valence-electron chi connectivity index (χ4n) is 1.93. The third kappa shape index (κ3) is 2.97. The monoisotopic (exact) mass is 264 g/mol. The van der Waals surface area contributed by atoms with Gasteiger partial charge in [0.05, 0.1) is 7.11 Å². The largest absolute Gasteiger partial charge is 0.468 e. The second-order valence-corrected chi connectivity index (χ2v) is 6.73. The molecule has 0 amide bonds. The van der Waals surface area contributed by atoms with Crippen molar-refractivity contribution < 1.29 is 17.9 Å². The highest BCUT2D eigenvalue weighted by molar-refractivity contribution is 7.90. The summed E-state index contributed by atoms with van der Waals surface area (Å²) in [6.45, 7) is 4.03. The van der Waals surface area contributed by atoms with Crippen molar-refractivity contribution in [2.45, 2.75) is 31.6 Å². The van der Waals surface area contributed by atoms with Crippen molar-refractivity contribution in [3.05, 3.63) is 0 Å². The van der Waals surface area contributed by atoms with Crippen LogP contribution in [0.25, 0.3) is 0 Å². The van der Waals surface area contributed by atoms with Crippen LogP contribution in [-0.2, 0) is 19.6 Å². The molecule has 1 rings (SSSR count). The molecule has 7 heteroatoms. The molecular weight excluding hydrogens is 244 g/mol. The van der Waals surface area contributed by atoms with Gasteiger partial charge < -0.3 is 10.5 Å². The molecule has 100 valence electrons. The van der Waals surface area contributed by atoms with Gasteiger partial charge in [0.15, 0.2) is 5.25 Å². The highest BCUT2D eigenvalue weighted by Crippen LogP contribution is 2.23. The fourth-order valence-corrected chi connectivity index (χ4v) is 3.47. The first-order chi connectivity index (χ1) is 7.80. The molecule has 0 aromatic rings. The van der Waals surface area contributed by atoms with Crippen molar-refractivity contribution in [1.82, 2.24) is 4.31 Å². The van der Waals surface area contributed by atoms with Crippen LogP contribution in [0.5, 0.6) is 0 Å². The third-order valence-electron chi connectivity index (χ3n) is 3.27. The summed E-state index contributed by atoms with van der Waals surface area (Å²) < 4.78 is 30.0. The van der Waals surface area contributed by atoms with Gasteiger partial charge in [0.25, 0.3) is 0 Å². The zero-order chi connectivity index (χ0) is 13.2. The second kappa shape index (κ2) is 5.32. The quantitative estimate of drug-likeness (QED) is 0.694. The van der Waals surface area contributed by atoms with E-state index in [1.807, 2.05) is 6.92 Å². The van der Waals surface area contributed by atoms with Gasteiger partial charge in [-0.1, -0.05) is 0 Å². The molecule has 2 N–H and O–H groups in total. The summed E-state index contributed by atoms with van der Waals surface area (Å²) in [5.74, 6) is -0.566. The van der Waals surface area contributed by atoms with E-state index in [0.29, 0.717) is 13.1 Å². The van der Waals surface area contributed by atoms with Crippen LogP contribution in [0.4, 0.5) is 0 Å². The number of nitrogens with two attached hydrogens (primary N) is 1. The Hall–Kier alpha value is -0.660. The van der Waals surface area contributed by atoms with Crippen LogP contribution in [0.2, 0.25) is 0 Å². The van der Waals surface area contributed by atoms with Gasteiger partial charge in [-0.25, -0.2) is 12.7 Å². The van der Waals surface area contributed by atoms with E-state index in [0.717, 1.165) is 6.42 Å². The number of rotatable bonds is 4. The Morgan fingerprint density at radius 3 is 2.47 bits per heavy atom. The molecule has 0 aliphatic carbocycles. The summed E-state index contributed by atoms with van der Waals surface area (Å²) >= 11 is 0. The van der Waals surface area contributed by atoms with E-state index in [2.05, 4.69) is 4.74 Å². The van der Waals surface area contributed by atoms with Gasteiger partial charge >= 0.3 is 5.97 Å². The number of methoxy groups -OCH3 is 1. The van der Waals surface area contributed by atoms with Crippen molar-refractivity contribution in [3.8, 4) is 0 Å². The number of carbonyl (C=O) groups excluding carboxylic acids is 1. The molecule has 3 unspecified atom stereocenters. The minimum Gasteiger partial charge on any atom is -0.468 e. The molecule has 17 heavy (non-hydrogen) atoms. The summed E-state index contributed by atoms with van der Waals surface area (Å²) in [4.78, 5) is 11.3. The van der Waals surface area contributed by atoms with Crippen LogP contribution in [0, 0.1) is 5.92 Å². The van der Waals surface area contributed by atoms with E-state index in [4.69, 9.17) is 5.73 Å². The molecule has 1 aliphatic heterocycles. The Morgan fingerprint density at radius 2 is 2.06 bits per heavy atom. The Morgan fingerprint density at radius 1 is 1.47 bits per heavy atom. The van der Waals surface area contributed by atoms with Crippen LogP contribution in [0.3, 0.4) is 0 Å². The minimum atomic E-state index is -3.61. The van der Waals surface area contributed by atoms with E-state index in [1.165, 1.54) is 18.3 Å². The van der Waals surface area contributed by atoms with Crippen molar-refractivity contribution in [3.63, 3.8) is 0 Å². The molecule has 1 saturated heterocycles. The first kappa shape index (κ1) is 14.4. The average Bonchev–Trinajstić information content (AvgIpc) is 2.76. The minimum absolute atomic E-state index is 0.0383. The topological polar surface area (TPSA) is 89.7 Å². The Balaban J connectivity index is 2.77. The van der Waals surface area contributed by atoms with E-state index < -0.39 is 21.2 Å².